The van der Waals surface area contributed by atoms with Gasteiger partial charge in [0.05, 0.1) is 11.9 Å². The molecule has 1 fully saturated rings. The average molecular weight is 511 g/mol. The Morgan fingerprint density at radius 1 is 1.28 bits per heavy atom. The molecule has 1 N–H and O–H groups in total. The van der Waals surface area contributed by atoms with Gasteiger partial charge in [0.2, 0.25) is 5.91 Å². The fourth-order valence-electron chi connectivity index (χ4n) is 3.33. The van der Waals surface area contributed by atoms with E-state index < -0.39 is 0 Å². The van der Waals surface area contributed by atoms with E-state index in [0.717, 1.165) is 37.7 Å². The van der Waals surface area contributed by atoms with E-state index in [1.165, 1.54) is 5.69 Å². The molecule has 2 aromatic rings. The Hall–Kier alpha value is -2.30. The molecule has 9 heteroatoms. The number of carbonyl (C=O) groups excluding carboxylic acids is 1. The Labute approximate surface area is 189 Å². The maximum absolute atomic E-state index is 12.6. The van der Waals surface area contributed by atoms with Gasteiger partial charge in [-0.05, 0) is 18.6 Å². The average Bonchev–Trinajstić information content (AvgIpc) is 3.14. The third-order valence-electron chi connectivity index (χ3n) is 4.89. The highest BCUT2D eigenvalue weighted by atomic mass is 127. The zero-order chi connectivity index (χ0) is 19.9. The van der Waals surface area contributed by atoms with Crippen molar-refractivity contribution in [3.8, 4) is 0 Å². The highest BCUT2D eigenvalue weighted by Gasteiger charge is 2.27. The van der Waals surface area contributed by atoms with Crippen molar-refractivity contribution < 1.29 is 4.79 Å². The summed E-state index contributed by atoms with van der Waals surface area (Å²) in [5, 5.41) is 7.54. The maximum Gasteiger partial charge on any atom is 0.246 e. The smallest absolute Gasteiger partial charge is 0.246 e. The zero-order valence-corrected chi connectivity index (χ0v) is 19.6. The number of anilines is 2. The molecule has 1 aromatic carbocycles. The van der Waals surface area contributed by atoms with Crippen molar-refractivity contribution in [1.82, 2.24) is 20.0 Å². The molecule has 2 heterocycles. The van der Waals surface area contributed by atoms with Crippen LogP contribution in [0.1, 0.15) is 6.42 Å². The van der Waals surface area contributed by atoms with E-state index in [9.17, 15) is 4.79 Å². The van der Waals surface area contributed by atoms with Crippen LogP contribution < -0.4 is 15.1 Å². The SMILES string of the molecule is CN=C(NCCCN(C)c1ccccc1)N1CCN(c2cnn(C)c2)C(=O)C1.I. The number of aromatic nitrogens is 2. The molecule has 3 rings (SSSR count). The van der Waals surface area contributed by atoms with E-state index in [4.69, 9.17) is 0 Å². The minimum Gasteiger partial charge on any atom is -0.375 e. The van der Waals surface area contributed by atoms with Gasteiger partial charge in [0.15, 0.2) is 5.96 Å². The number of carbonyl (C=O) groups is 1. The number of nitrogens with zero attached hydrogens (tertiary/aromatic N) is 6. The molecule has 0 aliphatic carbocycles. The maximum atomic E-state index is 12.6. The molecule has 29 heavy (non-hydrogen) atoms. The second kappa shape index (κ2) is 11.0. The van der Waals surface area contributed by atoms with E-state index in [1.54, 1.807) is 22.8 Å². The number of para-hydroxylation sites is 1. The van der Waals surface area contributed by atoms with Crippen molar-refractivity contribution in [2.45, 2.75) is 6.42 Å². The molecule has 1 aliphatic rings. The van der Waals surface area contributed by atoms with Gasteiger partial charge in [-0.25, -0.2) is 0 Å². The van der Waals surface area contributed by atoms with Crippen LogP contribution in [0.2, 0.25) is 0 Å². The predicted molar refractivity (Wildman–Crippen MR) is 128 cm³/mol. The standard InChI is InChI=1S/C20H29N7O.HI/c1-21-20(22-10-7-11-24(2)17-8-5-4-6-9-17)26-12-13-27(19(28)16-26)18-14-23-25(3)15-18;/h4-6,8-9,14-15H,7,10-13,16H2,1-3H3,(H,21,22);1H. The van der Waals surface area contributed by atoms with Gasteiger partial charge < -0.3 is 20.0 Å². The van der Waals surface area contributed by atoms with Gasteiger partial charge in [-0.2, -0.15) is 5.10 Å². The summed E-state index contributed by atoms with van der Waals surface area (Å²) in [4.78, 5) is 23.0. The fourth-order valence-corrected chi connectivity index (χ4v) is 3.33. The number of benzene rings is 1. The van der Waals surface area contributed by atoms with E-state index in [-0.39, 0.29) is 29.9 Å². The lowest BCUT2D eigenvalue weighted by Crippen LogP contribution is -2.55. The highest BCUT2D eigenvalue weighted by molar-refractivity contribution is 14.0. The number of rotatable bonds is 6. The number of hydrogen-bond donors (Lipinski definition) is 1. The van der Waals surface area contributed by atoms with E-state index in [1.807, 2.05) is 36.3 Å². The number of hydrogen-bond acceptors (Lipinski definition) is 4. The molecule has 0 radical (unpaired) electrons. The van der Waals surface area contributed by atoms with Gasteiger partial charge in [-0.15, -0.1) is 24.0 Å². The number of aliphatic imine (C=N–C) groups is 1. The summed E-state index contributed by atoms with van der Waals surface area (Å²) in [5.41, 5.74) is 2.06. The molecular formula is C20H30IN7O. The second-order valence-electron chi connectivity index (χ2n) is 6.92. The molecule has 1 amide bonds. The quantitative estimate of drug-likeness (QED) is 0.277. The van der Waals surface area contributed by atoms with Crippen molar-refractivity contribution in [2.24, 2.45) is 12.0 Å². The van der Waals surface area contributed by atoms with E-state index in [0.29, 0.717) is 13.1 Å². The number of aryl methyl sites for hydroxylation is 1. The lowest BCUT2D eigenvalue weighted by atomic mass is 10.3. The summed E-state index contributed by atoms with van der Waals surface area (Å²) in [5.74, 6) is 0.840. The molecule has 1 saturated heterocycles. The number of piperazine rings is 1. The Bertz CT molecular complexity index is 808. The number of nitrogens with one attached hydrogen (secondary N) is 1. The van der Waals surface area contributed by atoms with E-state index >= 15 is 0 Å². The minimum absolute atomic E-state index is 0. The number of halogens is 1. The van der Waals surface area contributed by atoms with Crippen LogP contribution in [0.25, 0.3) is 0 Å². The van der Waals surface area contributed by atoms with Crippen LogP contribution in [-0.2, 0) is 11.8 Å². The lowest BCUT2D eigenvalue weighted by molar-refractivity contribution is -0.120. The van der Waals surface area contributed by atoms with Crippen molar-refractivity contribution in [1.29, 1.82) is 0 Å². The highest BCUT2D eigenvalue weighted by Crippen LogP contribution is 2.16. The van der Waals surface area contributed by atoms with Gasteiger partial charge in [0, 0.05) is 59.2 Å². The summed E-state index contributed by atoms with van der Waals surface area (Å²) in [6.45, 7) is 3.44. The molecule has 1 aliphatic heterocycles. The first-order chi connectivity index (χ1) is 13.6. The third kappa shape index (κ3) is 6.09. The van der Waals surface area contributed by atoms with Gasteiger partial charge in [0.1, 0.15) is 6.54 Å². The molecular weight excluding hydrogens is 481 g/mol. The first-order valence-electron chi connectivity index (χ1n) is 9.59. The summed E-state index contributed by atoms with van der Waals surface area (Å²) in [7, 11) is 5.71. The molecule has 0 atom stereocenters. The van der Waals surface area contributed by atoms with E-state index in [2.05, 4.69) is 39.5 Å². The van der Waals surface area contributed by atoms with Crippen LogP contribution in [0.3, 0.4) is 0 Å². The van der Waals surface area contributed by atoms with Crippen LogP contribution >= 0.6 is 24.0 Å². The Kier molecular flexibility index (Phi) is 8.74. The number of guanidine groups is 1. The second-order valence-corrected chi connectivity index (χ2v) is 6.92. The normalized spacial score (nSPS) is 14.6. The van der Waals surface area contributed by atoms with Crippen molar-refractivity contribution >= 4 is 47.2 Å². The monoisotopic (exact) mass is 511 g/mol. The van der Waals surface area contributed by atoms with Gasteiger partial charge in [-0.3, -0.25) is 14.5 Å². The predicted octanol–water partition coefficient (Wildman–Crippen LogP) is 1.79. The summed E-state index contributed by atoms with van der Waals surface area (Å²) in [6.07, 6.45) is 4.57. The Balaban J connectivity index is 0.00000300. The van der Waals surface area contributed by atoms with Crippen molar-refractivity contribution in [3.05, 3.63) is 42.7 Å². The van der Waals surface area contributed by atoms with Crippen LogP contribution in [0.4, 0.5) is 11.4 Å². The summed E-state index contributed by atoms with van der Waals surface area (Å²) < 4.78 is 1.71. The molecule has 0 saturated carbocycles. The summed E-state index contributed by atoms with van der Waals surface area (Å²) in [6, 6.07) is 10.3. The Morgan fingerprint density at radius 3 is 2.66 bits per heavy atom. The van der Waals surface area contributed by atoms with Crippen LogP contribution in [0.5, 0.6) is 0 Å². The van der Waals surface area contributed by atoms with Crippen molar-refractivity contribution in [2.75, 3.05) is 56.6 Å². The molecule has 158 valence electrons. The first kappa shape index (κ1) is 23.0. The zero-order valence-electron chi connectivity index (χ0n) is 17.3. The minimum atomic E-state index is 0. The van der Waals surface area contributed by atoms with Crippen LogP contribution in [0.15, 0.2) is 47.7 Å². The van der Waals surface area contributed by atoms with Crippen molar-refractivity contribution in [3.63, 3.8) is 0 Å². The molecule has 0 bridgehead atoms. The first-order valence-corrected chi connectivity index (χ1v) is 9.59. The van der Waals surface area contributed by atoms with Crippen LogP contribution in [-0.4, -0.2) is 73.4 Å². The van der Waals surface area contributed by atoms with Gasteiger partial charge >= 0.3 is 0 Å². The third-order valence-corrected chi connectivity index (χ3v) is 4.89. The summed E-state index contributed by atoms with van der Waals surface area (Å²) >= 11 is 0. The van der Waals surface area contributed by atoms with Gasteiger partial charge in [-0.1, -0.05) is 18.2 Å². The Morgan fingerprint density at radius 2 is 2.03 bits per heavy atom. The molecule has 0 unspecified atom stereocenters. The molecule has 1 aromatic heterocycles. The fraction of sp³-hybridized carbons (Fsp3) is 0.450. The van der Waals surface area contributed by atoms with Gasteiger partial charge in [0.25, 0.3) is 0 Å². The largest absolute Gasteiger partial charge is 0.375 e. The van der Waals surface area contributed by atoms with Crippen LogP contribution in [0, 0.1) is 0 Å². The topological polar surface area (TPSA) is 69.0 Å². The number of amides is 1. The lowest BCUT2D eigenvalue weighted by Gasteiger charge is -2.35. The molecule has 8 nitrogen and oxygen atoms in total. The molecule has 0 spiro atoms.